The van der Waals surface area contributed by atoms with Gasteiger partial charge < -0.3 is 9.47 Å². The molecule has 1 aromatic carbocycles. The first-order chi connectivity index (χ1) is 8.97. The van der Waals surface area contributed by atoms with Crippen LogP contribution in [-0.4, -0.2) is 11.4 Å². The molecule has 0 N–H and O–H groups in total. The molecule has 2 heteroatoms. The van der Waals surface area contributed by atoms with Crippen molar-refractivity contribution in [2.45, 2.75) is 59.9 Å². The Balaban J connectivity index is 3.03. The van der Waals surface area contributed by atoms with E-state index in [4.69, 9.17) is 9.47 Å². The van der Waals surface area contributed by atoms with E-state index in [1.807, 2.05) is 58.0 Å². The highest BCUT2D eigenvalue weighted by Gasteiger charge is 2.44. The van der Waals surface area contributed by atoms with Crippen LogP contribution < -0.4 is 4.74 Å². The molecular weight excluding hydrogens is 248 g/mol. The van der Waals surface area contributed by atoms with Gasteiger partial charge in [-0.1, -0.05) is 45.6 Å². The average Bonchev–Trinajstić information content (AvgIpc) is 2.26. The van der Waals surface area contributed by atoms with Crippen LogP contribution >= 0.6 is 0 Å². The highest BCUT2D eigenvalue weighted by molar-refractivity contribution is 5.48. The maximum absolute atomic E-state index is 6.21. The molecule has 1 unspecified atom stereocenters. The van der Waals surface area contributed by atoms with Gasteiger partial charge in [-0.25, -0.2) is 0 Å². The Bertz CT molecular complexity index is 446. The molecule has 0 aliphatic heterocycles. The van der Waals surface area contributed by atoms with Gasteiger partial charge in [-0.2, -0.15) is 0 Å². The summed E-state index contributed by atoms with van der Waals surface area (Å²) in [7, 11) is 0. The molecule has 0 amide bonds. The summed E-state index contributed by atoms with van der Waals surface area (Å²) in [5.74, 6) is 0.0956. The summed E-state index contributed by atoms with van der Waals surface area (Å²) in [6.45, 7) is 18.3. The van der Waals surface area contributed by atoms with E-state index in [2.05, 4.69) is 27.4 Å². The first-order valence-electron chi connectivity index (χ1n) is 7.08. The minimum absolute atomic E-state index is 0.155. The molecule has 2 nitrogen and oxygen atoms in total. The topological polar surface area (TPSA) is 18.5 Å². The lowest BCUT2D eigenvalue weighted by Crippen LogP contribution is -2.51. The molecule has 20 heavy (non-hydrogen) atoms. The largest absolute Gasteiger partial charge is 0.462 e. The predicted octanol–water partition coefficient (Wildman–Crippen LogP) is 5.29. The van der Waals surface area contributed by atoms with Crippen LogP contribution in [0.2, 0.25) is 0 Å². The van der Waals surface area contributed by atoms with Crippen LogP contribution in [0.3, 0.4) is 0 Å². The monoisotopic (exact) mass is 276 g/mol. The van der Waals surface area contributed by atoms with Crippen LogP contribution in [-0.2, 0) is 4.74 Å². The van der Waals surface area contributed by atoms with Crippen molar-refractivity contribution in [1.29, 1.82) is 0 Å². The third-order valence-corrected chi connectivity index (χ3v) is 3.29. The quantitative estimate of drug-likeness (QED) is 0.696. The van der Waals surface area contributed by atoms with E-state index < -0.39 is 5.79 Å². The lowest BCUT2D eigenvalue weighted by atomic mass is 9.85. The van der Waals surface area contributed by atoms with E-state index in [0.29, 0.717) is 0 Å². The van der Waals surface area contributed by atoms with E-state index in [1.165, 1.54) is 0 Å². The Hall–Kier alpha value is -1.28. The Morgan fingerprint density at radius 2 is 1.40 bits per heavy atom. The van der Waals surface area contributed by atoms with Crippen molar-refractivity contribution in [2.75, 3.05) is 0 Å². The van der Waals surface area contributed by atoms with E-state index >= 15 is 0 Å². The maximum Gasteiger partial charge on any atom is 0.213 e. The zero-order valence-corrected chi connectivity index (χ0v) is 13.9. The van der Waals surface area contributed by atoms with Crippen LogP contribution in [0.15, 0.2) is 30.8 Å². The molecule has 0 spiro atoms. The molecule has 0 bridgehead atoms. The summed E-state index contributed by atoms with van der Waals surface area (Å²) >= 11 is 0. The number of hydrogen-bond donors (Lipinski definition) is 0. The van der Waals surface area contributed by atoms with E-state index in [1.54, 1.807) is 0 Å². The minimum Gasteiger partial charge on any atom is -0.462 e. The standard InChI is InChI=1S/C18H28O2/c1-9-14-10-12-15(13-11-14)19-18(8,16(2,3)4)20-17(5,6)7/h9-13H,1H2,2-8H3. The first-order valence-corrected chi connectivity index (χ1v) is 7.08. The van der Waals surface area contributed by atoms with Crippen molar-refractivity contribution in [2.24, 2.45) is 5.41 Å². The molecule has 1 atom stereocenters. The second-order valence-electron chi connectivity index (χ2n) is 7.29. The smallest absolute Gasteiger partial charge is 0.213 e. The van der Waals surface area contributed by atoms with Gasteiger partial charge in [-0.15, -0.1) is 0 Å². The number of benzene rings is 1. The summed E-state index contributed by atoms with van der Waals surface area (Å²) in [5, 5.41) is 0. The van der Waals surface area contributed by atoms with Crippen molar-refractivity contribution in [3.63, 3.8) is 0 Å². The Morgan fingerprint density at radius 1 is 0.900 bits per heavy atom. The number of rotatable bonds is 4. The molecule has 0 saturated heterocycles. The molecule has 1 aromatic rings. The van der Waals surface area contributed by atoms with Crippen LogP contribution in [0.25, 0.3) is 6.08 Å². The molecule has 0 heterocycles. The highest BCUT2D eigenvalue weighted by Crippen LogP contribution is 2.38. The SMILES string of the molecule is C=Cc1ccc(OC(C)(OC(C)(C)C)C(C)(C)C)cc1. The highest BCUT2D eigenvalue weighted by atomic mass is 16.7. The summed E-state index contributed by atoms with van der Waals surface area (Å²) in [6, 6.07) is 7.88. The van der Waals surface area contributed by atoms with Gasteiger partial charge in [0.15, 0.2) is 0 Å². The minimum atomic E-state index is -0.707. The number of hydrogen-bond acceptors (Lipinski definition) is 2. The fraction of sp³-hybridized carbons (Fsp3) is 0.556. The van der Waals surface area contributed by atoms with Crippen molar-refractivity contribution >= 4 is 6.08 Å². The Kier molecular flexibility index (Phi) is 4.70. The molecule has 112 valence electrons. The number of ether oxygens (including phenoxy) is 2. The summed E-state index contributed by atoms with van der Waals surface area (Å²) in [5.41, 5.74) is 0.645. The van der Waals surface area contributed by atoms with Gasteiger partial charge in [0.1, 0.15) is 5.75 Å². The molecule has 0 aliphatic rings. The van der Waals surface area contributed by atoms with Gasteiger partial charge in [0, 0.05) is 12.3 Å². The fourth-order valence-electron chi connectivity index (χ4n) is 1.81. The fourth-order valence-corrected chi connectivity index (χ4v) is 1.81. The van der Waals surface area contributed by atoms with Gasteiger partial charge in [-0.3, -0.25) is 0 Å². The molecule has 0 fully saturated rings. The predicted molar refractivity (Wildman–Crippen MR) is 85.9 cm³/mol. The molecule has 0 saturated carbocycles. The maximum atomic E-state index is 6.21. The van der Waals surface area contributed by atoms with E-state index in [9.17, 15) is 0 Å². The second-order valence-corrected chi connectivity index (χ2v) is 7.29. The van der Waals surface area contributed by atoms with Gasteiger partial charge in [-0.05, 0) is 38.5 Å². The van der Waals surface area contributed by atoms with Crippen molar-refractivity contribution in [3.8, 4) is 5.75 Å². The van der Waals surface area contributed by atoms with Crippen LogP contribution in [0.5, 0.6) is 5.75 Å². The van der Waals surface area contributed by atoms with E-state index in [-0.39, 0.29) is 11.0 Å². The van der Waals surface area contributed by atoms with Gasteiger partial charge in [0.2, 0.25) is 5.79 Å². The van der Waals surface area contributed by atoms with Crippen molar-refractivity contribution in [3.05, 3.63) is 36.4 Å². The van der Waals surface area contributed by atoms with Gasteiger partial charge >= 0.3 is 0 Å². The first kappa shape index (κ1) is 16.8. The molecule has 0 radical (unpaired) electrons. The second kappa shape index (κ2) is 5.61. The molecule has 0 aromatic heterocycles. The Morgan fingerprint density at radius 3 is 1.75 bits per heavy atom. The van der Waals surface area contributed by atoms with Crippen LogP contribution in [0.1, 0.15) is 54.0 Å². The summed E-state index contributed by atoms with van der Waals surface area (Å²) < 4.78 is 12.4. The zero-order valence-electron chi connectivity index (χ0n) is 13.9. The van der Waals surface area contributed by atoms with Crippen molar-refractivity contribution < 1.29 is 9.47 Å². The Labute approximate surface area is 123 Å². The summed E-state index contributed by atoms with van der Waals surface area (Å²) in [4.78, 5) is 0. The van der Waals surface area contributed by atoms with Crippen LogP contribution in [0, 0.1) is 5.41 Å². The lowest BCUT2D eigenvalue weighted by molar-refractivity contribution is -0.273. The molecule has 1 rings (SSSR count). The van der Waals surface area contributed by atoms with Gasteiger partial charge in [0.05, 0.1) is 5.60 Å². The van der Waals surface area contributed by atoms with E-state index in [0.717, 1.165) is 11.3 Å². The lowest BCUT2D eigenvalue weighted by Gasteiger charge is -2.45. The third-order valence-electron chi connectivity index (χ3n) is 3.29. The molecular formula is C18H28O2. The van der Waals surface area contributed by atoms with Gasteiger partial charge in [0.25, 0.3) is 0 Å². The molecule has 0 aliphatic carbocycles. The zero-order chi connectivity index (χ0) is 15.6. The average molecular weight is 276 g/mol. The summed E-state index contributed by atoms with van der Waals surface area (Å²) in [6.07, 6.45) is 1.82. The third kappa shape index (κ3) is 4.38. The normalized spacial score (nSPS) is 15.6. The van der Waals surface area contributed by atoms with Crippen molar-refractivity contribution in [1.82, 2.24) is 0 Å². The van der Waals surface area contributed by atoms with Crippen LogP contribution in [0.4, 0.5) is 0 Å².